The maximum Gasteiger partial charge on any atom is 0.194 e. The number of aromatic amines is 1. The molecule has 0 atom stereocenters. The van der Waals surface area contributed by atoms with Crippen molar-refractivity contribution in [1.29, 1.82) is 0 Å². The van der Waals surface area contributed by atoms with E-state index >= 15 is 0 Å². The summed E-state index contributed by atoms with van der Waals surface area (Å²) in [6, 6.07) is 11.6. The van der Waals surface area contributed by atoms with Gasteiger partial charge in [-0.05, 0) is 30.7 Å². The molecule has 4 rings (SSSR count). The summed E-state index contributed by atoms with van der Waals surface area (Å²) in [5.74, 6) is 0.703. The average molecular weight is 425 g/mol. The molecule has 31 heavy (non-hydrogen) atoms. The third-order valence-electron chi connectivity index (χ3n) is 5.19. The summed E-state index contributed by atoms with van der Waals surface area (Å²) in [6.45, 7) is 5.80. The van der Waals surface area contributed by atoms with E-state index in [4.69, 9.17) is 4.99 Å². The first-order chi connectivity index (χ1) is 15.1. The Balaban J connectivity index is 1.43. The second kappa shape index (κ2) is 9.55. The Morgan fingerprint density at radius 2 is 1.97 bits per heavy atom. The van der Waals surface area contributed by atoms with Crippen molar-refractivity contribution in [3.8, 4) is 11.4 Å². The summed E-state index contributed by atoms with van der Waals surface area (Å²) in [6.07, 6.45) is 1.48. The second-order valence-electron chi connectivity index (χ2n) is 7.27. The van der Waals surface area contributed by atoms with Crippen molar-refractivity contribution in [2.45, 2.75) is 13.5 Å². The molecule has 162 valence electrons. The highest BCUT2D eigenvalue weighted by atomic mass is 19.1. The Morgan fingerprint density at radius 1 is 1.13 bits per heavy atom. The lowest BCUT2D eigenvalue weighted by molar-refractivity contribution is 0.370. The topological polar surface area (TPSA) is 72.4 Å². The van der Waals surface area contributed by atoms with Crippen LogP contribution in [0.5, 0.6) is 0 Å². The smallest absolute Gasteiger partial charge is 0.194 e. The maximum absolute atomic E-state index is 14.1. The highest BCUT2D eigenvalue weighted by Gasteiger charge is 2.22. The van der Waals surface area contributed by atoms with Crippen molar-refractivity contribution >= 4 is 11.6 Å². The number of halogens is 2. The van der Waals surface area contributed by atoms with Crippen LogP contribution in [-0.4, -0.2) is 58.8 Å². The van der Waals surface area contributed by atoms with E-state index in [1.54, 1.807) is 0 Å². The summed E-state index contributed by atoms with van der Waals surface area (Å²) in [5, 5.41) is 10.1. The van der Waals surface area contributed by atoms with Gasteiger partial charge >= 0.3 is 0 Å². The van der Waals surface area contributed by atoms with Crippen molar-refractivity contribution in [3.63, 3.8) is 0 Å². The lowest BCUT2D eigenvalue weighted by Gasteiger charge is -2.37. The average Bonchev–Trinajstić information content (AvgIpc) is 3.34. The summed E-state index contributed by atoms with van der Waals surface area (Å²) < 4.78 is 27.7. The predicted octanol–water partition coefficient (Wildman–Crippen LogP) is 3.04. The summed E-state index contributed by atoms with van der Waals surface area (Å²) >= 11 is 0. The fourth-order valence-electron chi connectivity index (χ4n) is 3.64. The minimum atomic E-state index is -0.429. The molecule has 1 aromatic heterocycles. The van der Waals surface area contributed by atoms with E-state index in [0.717, 1.165) is 35.5 Å². The van der Waals surface area contributed by atoms with E-state index in [2.05, 4.69) is 25.4 Å². The van der Waals surface area contributed by atoms with Crippen LogP contribution in [0.3, 0.4) is 0 Å². The molecule has 9 heteroatoms. The molecule has 2 aromatic carbocycles. The molecule has 0 spiro atoms. The second-order valence-corrected chi connectivity index (χ2v) is 7.27. The lowest BCUT2D eigenvalue weighted by atomic mass is 10.1. The molecule has 1 fully saturated rings. The van der Waals surface area contributed by atoms with Crippen LogP contribution in [0.25, 0.3) is 11.4 Å². The largest absolute Gasteiger partial charge is 0.366 e. The first kappa shape index (κ1) is 20.8. The molecular formula is C22H25F2N7. The third kappa shape index (κ3) is 4.99. The zero-order chi connectivity index (χ0) is 21.6. The maximum atomic E-state index is 14.1. The van der Waals surface area contributed by atoms with Gasteiger partial charge in [0, 0.05) is 44.4 Å². The van der Waals surface area contributed by atoms with E-state index in [1.165, 1.54) is 18.5 Å². The Kier molecular flexibility index (Phi) is 6.40. The van der Waals surface area contributed by atoms with E-state index in [-0.39, 0.29) is 0 Å². The van der Waals surface area contributed by atoms with E-state index < -0.39 is 11.6 Å². The van der Waals surface area contributed by atoms with Crippen LogP contribution in [0.4, 0.5) is 14.5 Å². The number of piperazine rings is 1. The number of hydrogen-bond acceptors (Lipinski definition) is 4. The molecule has 0 radical (unpaired) electrons. The molecule has 0 amide bonds. The Bertz CT molecular complexity index is 1030. The summed E-state index contributed by atoms with van der Waals surface area (Å²) in [7, 11) is 0. The van der Waals surface area contributed by atoms with Gasteiger partial charge in [0.1, 0.15) is 18.0 Å². The number of hydrogen-bond donors (Lipinski definition) is 2. The molecule has 1 saturated heterocycles. The number of aromatic nitrogens is 3. The number of guanidine groups is 1. The van der Waals surface area contributed by atoms with Gasteiger partial charge < -0.3 is 15.1 Å². The molecule has 0 unspecified atom stereocenters. The quantitative estimate of drug-likeness (QED) is 0.486. The van der Waals surface area contributed by atoms with Crippen molar-refractivity contribution < 1.29 is 8.78 Å². The molecule has 0 aliphatic carbocycles. The van der Waals surface area contributed by atoms with Gasteiger partial charge in [-0.25, -0.2) is 18.8 Å². The van der Waals surface area contributed by atoms with Gasteiger partial charge in [0.15, 0.2) is 11.8 Å². The molecule has 3 aromatic rings. The molecule has 1 aliphatic rings. The Morgan fingerprint density at radius 3 is 2.71 bits per heavy atom. The van der Waals surface area contributed by atoms with Crippen molar-refractivity contribution in [1.82, 2.24) is 25.4 Å². The fraction of sp³-hybridized carbons (Fsp3) is 0.318. The Hall–Kier alpha value is -3.49. The zero-order valence-corrected chi connectivity index (χ0v) is 17.4. The van der Waals surface area contributed by atoms with Gasteiger partial charge in [0.25, 0.3) is 0 Å². The number of aliphatic imine (C=N–C) groups is 1. The van der Waals surface area contributed by atoms with Crippen molar-refractivity contribution in [3.05, 3.63) is 66.0 Å². The van der Waals surface area contributed by atoms with Gasteiger partial charge in [-0.2, -0.15) is 5.10 Å². The molecule has 0 bridgehead atoms. The van der Waals surface area contributed by atoms with Gasteiger partial charge in [-0.3, -0.25) is 5.10 Å². The highest BCUT2D eigenvalue weighted by molar-refractivity contribution is 5.80. The SMILES string of the molecule is CCNC(=NCc1cccc(-c2ncn[nH]2)c1)N1CCN(c2cc(F)ccc2F)CC1. The van der Waals surface area contributed by atoms with E-state index in [0.29, 0.717) is 38.4 Å². The van der Waals surface area contributed by atoms with Crippen LogP contribution in [-0.2, 0) is 6.54 Å². The molecular weight excluding hydrogens is 400 g/mol. The number of rotatable bonds is 5. The van der Waals surface area contributed by atoms with Crippen LogP contribution in [0.1, 0.15) is 12.5 Å². The Labute approximate surface area is 179 Å². The van der Waals surface area contributed by atoms with Crippen LogP contribution < -0.4 is 10.2 Å². The first-order valence-corrected chi connectivity index (χ1v) is 10.3. The number of H-pyrrole nitrogens is 1. The minimum Gasteiger partial charge on any atom is -0.366 e. The first-order valence-electron chi connectivity index (χ1n) is 10.3. The van der Waals surface area contributed by atoms with Crippen LogP contribution in [0, 0.1) is 11.6 Å². The van der Waals surface area contributed by atoms with Gasteiger partial charge in [0.05, 0.1) is 12.2 Å². The molecule has 2 N–H and O–H groups in total. The fourth-order valence-corrected chi connectivity index (χ4v) is 3.64. The van der Waals surface area contributed by atoms with E-state index in [9.17, 15) is 8.78 Å². The summed E-state index contributed by atoms with van der Waals surface area (Å²) in [4.78, 5) is 13.0. The predicted molar refractivity (Wildman–Crippen MR) is 117 cm³/mol. The lowest BCUT2D eigenvalue weighted by Crippen LogP contribution is -2.52. The zero-order valence-electron chi connectivity index (χ0n) is 17.4. The number of benzene rings is 2. The summed E-state index contributed by atoms with van der Waals surface area (Å²) in [5.41, 5.74) is 2.33. The van der Waals surface area contributed by atoms with Gasteiger partial charge in [-0.1, -0.05) is 18.2 Å². The highest BCUT2D eigenvalue weighted by Crippen LogP contribution is 2.22. The monoisotopic (exact) mass is 425 g/mol. The van der Waals surface area contributed by atoms with Crippen LogP contribution in [0.2, 0.25) is 0 Å². The molecule has 1 aliphatic heterocycles. The third-order valence-corrected chi connectivity index (χ3v) is 5.19. The molecule has 0 saturated carbocycles. The van der Waals surface area contributed by atoms with Crippen LogP contribution in [0.15, 0.2) is 53.8 Å². The molecule has 2 heterocycles. The van der Waals surface area contributed by atoms with E-state index in [1.807, 2.05) is 36.1 Å². The number of nitrogens with zero attached hydrogens (tertiary/aromatic N) is 5. The normalized spacial score (nSPS) is 14.7. The van der Waals surface area contributed by atoms with Gasteiger partial charge in [0.2, 0.25) is 0 Å². The van der Waals surface area contributed by atoms with Crippen molar-refractivity contribution in [2.24, 2.45) is 4.99 Å². The number of nitrogens with one attached hydrogen (secondary N) is 2. The van der Waals surface area contributed by atoms with Crippen molar-refractivity contribution in [2.75, 3.05) is 37.6 Å². The minimum absolute atomic E-state index is 0.311. The standard InChI is InChI=1S/C22H25F2N7/c1-2-25-22(26-14-16-4-3-5-17(12-16)21-27-15-28-29-21)31-10-8-30(9-11-31)20-13-18(23)6-7-19(20)24/h3-7,12-13,15H,2,8-11,14H2,1H3,(H,25,26)(H,27,28,29). The number of anilines is 1. The molecule has 7 nitrogen and oxygen atoms in total. The van der Waals surface area contributed by atoms with Gasteiger partial charge in [-0.15, -0.1) is 0 Å². The van der Waals surface area contributed by atoms with Crippen LogP contribution >= 0.6 is 0 Å².